The molecule has 0 fully saturated rings. The highest BCUT2D eigenvalue weighted by Crippen LogP contribution is 2.33. The fourth-order valence-corrected chi connectivity index (χ4v) is 2.79. The summed E-state index contributed by atoms with van der Waals surface area (Å²) in [6.07, 6.45) is 2.49. The number of anilines is 3. The van der Waals surface area contributed by atoms with Crippen LogP contribution in [0.3, 0.4) is 0 Å². The summed E-state index contributed by atoms with van der Waals surface area (Å²) in [6, 6.07) is 5.12. The molecule has 0 aliphatic rings. The van der Waals surface area contributed by atoms with Crippen LogP contribution in [-0.2, 0) is 0 Å². The Hall–Kier alpha value is -2.94. The molecule has 6 N–H and O–H groups in total. The van der Waals surface area contributed by atoms with Crippen LogP contribution in [0.2, 0.25) is 0 Å². The number of aromatic carboxylic acids is 1. The Morgan fingerprint density at radius 3 is 2.91 bits per heavy atom. The molecule has 8 nitrogen and oxygen atoms in total. The Bertz CT molecular complexity index is 936. The van der Waals surface area contributed by atoms with Crippen LogP contribution in [0.4, 0.5) is 17.2 Å². The summed E-state index contributed by atoms with van der Waals surface area (Å²) in [5, 5.41) is 20.1. The summed E-state index contributed by atoms with van der Waals surface area (Å²) in [5.41, 5.74) is 7.89. The zero-order chi connectivity index (χ0) is 16.6. The van der Waals surface area contributed by atoms with E-state index in [1.807, 2.05) is 0 Å². The minimum atomic E-state index is -1.10. The number of nitrogens with zero attached hydrogens (tertiary/aromatic N) is 2. The second kappa shape index (κ2) is 5.69. The summed E-state index contributed by atoms with van der Waals surface area (Å²) < 4.78 is 0.367. The van der Waals surface area contributed by atoms with Gasteiger partial charge in [-0.05, 0) is 34.1 Å². The molecule has 0 saturated heterocycles. The number of nitrogen functional groups attached to an aromatic ring is 1. The number of benzene rings is 1. The van der Waals surface area contributed by atoms with E-state index in [9.17, 15) is 9.90 Å². The van der Waals surface area contributed by atoms with E-state index in [1.165, 1.54) is 6.33 Å². The molecule has 2 heterocycles. The van der Waals surface area contributed by atoms with E-state index in [-0.39, 0.29) is 5.69 Å². The molecular formula is C14H11BrN6O2. The van der Waals surface area contributed by atoms with E-state index < -0.39 is 5.97 Å². The lowest BCUT2D eigenvalue weighted by Gasteiger charge is -2.08. The number of carboxylic acids is 1. The average molecular weight is 375 g/mol. The second-order valence-electron chi connectivity index (χ2n) is 4.68. The summed E-state index contributed by atoms with van der Waals surface area (Å²) in [4.78, 5) is 22.1. The molecule has 9 heteroatoms. The summed E-state index contributed by atoms with van der Waals surface area (Å²) in [6.45, 7) is 0. The Labute approximate surface area is 138 Å². The third kappa shape index (κ3) is 2.61. The van der Waals surface area contributed by atoms with Gasteiger partial charge in [0.15, 0.2) is 0 Å². The van der Waals surface area contributed by atoms with Gasteiger partial charge in [-0.3, -0.25) is 0 Å². The highest BCUT2D eigenvalue weighted by molar-refractivity contribution is 9.10. The first-order valence-corrected chi connectivity index (χ1v) is 7.23. The SMILES string of the molecule is N=Cc1cc(Nc2ncnc3[nH]c(C(=O)O)c(Br)c23)ccc1N. The molecule has 0 spiro atoms. The van der Waals surface area contributed by atoms with Gasteiger partial charge in [0.2, 0.25) is 0 Å². The standard InChI is InChI=1S/C14H11BrN6O2/c15-10-9-12(18-5-19-13(9)21-11(10)14(22)23)20-7-1-2-8(17)6(3-7)4-16/h1-5,16H,17H2,(H,22,23)(H2,18,19,20,21). The molecule has 2 aromatic heterocycles. The van der Waals surface area contributed by atoms with Crippen LogP contribution in [0, 0.1) is 5.41 Å². The maximum absolute atomic E-state index is 11.2. The number of H-pyrrole nitrogens is 1. The first-order chi connectivity index (χ1) is 11.0. The highest BCUT2D eigenvalue weighted by Gasteiger charge is 2.19. The maximum atomic E-state index is 11.2. The van der Waals surface area contributed by atoms with Gasteiger partial charge in [0, 0.05) is 23.2 Å². The fourth-order valence-electron chi connectivity index (χ4n) is 2.14. The Balaban J connectivity index is 2.10. The molecule has 0 unspecified atom stereocenters. The van der Waals surface area contributed by atoms with E-state index in [1.54, 1.807) is 18.2 Å². The Morgan fingerprint density at radius 1 is 1.43 bits per heavy atom. The Morgan fingerprint density at radius 2 is 2.22 bits per heavy atom. The van der Waals surface area contributed by atoms with Crippen LogP contribution in [-0.4, -0.2) is 32.2 Å². The van der Waals surface area contributed by atoms with Crippen molar-refractivity contribution in [2.24, 2.45) is 0 Å². The van der Waals surface area contributed by atoms with Crippen molar-refractivity contribution in [2.45, 2.75) is 0 Å². The predicted molar refractivity (Wildman–Crippen MR) is 90.6 cm³/mol. The number of nitrogens with one attached hydrogen (secondary N) is 3. The van der Waals surface area contributed by atoms with Gasteiger partial charge < -0.3 is 26.6 Å². The summed E-state index contributed by atoms with van der Waals surface area (Å²) >= 11 is 3.27. The number of aromatic amines is 1. The van der Waals surface area contributed by atoms with Crippen molar-refractivity contribution in [1.82, 2.24) is 15.0 Å². The van der Waals surface area contributed by atoms with Gasteiger partial charge in [-0.15, -0.1) is 0 Å². The molecule has 3 rings (SSSR count). The van der Waals surface area contributed by atoms with Gasteiger partial charge in [0.25, 0.3) is 0 Å². The van der Waals surface area contributed by atoms with Crippen LogP contribution in [0.1, 0.15) is 16.1 Å². The van der Waals surface area contributed by atoms with Crippen molar-refractivity contribution < 1.29 is 9.90 Å². The minimum absolute atomic E-state index is 0.000960. The van der Waals surface area contributed by atoms with E-state index in [0.717, 1.165) is 6.21 Å². The quantitative estimate of drug-likeness (QED) is 0.351. The lowest BCUT2D eigenvalue weighted by atomic mass is 10.1. The lowest BCUT2D eigenvalue weighted by Crippen LogP contribution is -1.98. The highest BCUT2D eigenvalue weighted by atomic mass is 79.9. The molecule has 0 bridgehead atoms. The van der Waals surface area contributed by atoms with E-state index >= 15 is 0 Å². The normalized spacial score (nSPS) is 10.7. The monoisotopic (exact) mass is 374 g/mol. The van der Waals surface area contributed by atoms with Crippen molar-refractivity contribution in [1.29, 1.82) is 5.41 Å². The first kappa shape index (κ1) is 15.0. The van der Waals surface area contributed by atoms with Crippen molar-refractivity contribution in [3.63, 3.8) is 0 Å². The van der Waals surface area contributed by atoms with Crippen molar-refractivity contribution in [3.8, 4) is 0 Å². The second-order valence-corrected chi connectivity index (χ2v) is 5.47. The number of carboxylic acid groups (broad SMARTS) is 1. The maximum Gasteiger partial charge on any atom is 0.353 e. The number of hydrogen-bond donors (Lipinski definition) is 5. The van der Waals surface area contributed by atoms with E-state index in [4.69, 9.17) is 11.1 Å². The number of aromatic nitrogens is 3. The van der Waals surface area contributed by atoms with Crippen LogP contribution < -0.4 is 11.1 Å². The number of fused-ring (bicyclic) bond motifs is 1. The molecular weight excluding hydrogens is 364 g/mol. The van der Waals surface area contributed by atoms with Crippen LogP contribution in [0.15, 0.2) is 29.0 Å². The average Bonchev–Trinajstić information content (AvgIpc) is 2.87. The number of nitrogens with two attached hydrogens (primary N) is 1. The minimum Gasteiger partial charge on any atom is -0.477 e. The van der Waals surface area contributed by atoms with E-state index in [0.29, 0.717) is 38.3 Å². The molecule has 0 amide bonds. The third-order valence-corrected chi connectivity index (χ3v) is 4.04. The van der Waals surface area contributed by atoms with Crippen molar-refractivity contribution in [3.05, 3.63) is 40.3 Å². The zero-order valence-corrected chi connectivity index (χ0v) is 13.2. The number of halogens is 1. The van der Waals surface area contributed by atoms with Gasteiger partial charge in [-0.1, -0.05) is 0 Å². The molecule has 0 atom stereocenters. The number of carbonyl (C=O) groups is 1. The number of rotatable bonds is 4. The molecule has 3 aromatic rings. The van der Waals surface area contributed by atoms with Gasteiger partial charge in [0.1, 0.15) is 23.5 Å². The number of hydrogen-bond acceptors (Lipinski definition) is 6. The molecule has 0 saturated carbocycles. The van der Waals surface area contributed by atoms with Crippen LogP contribution in [0.25, 0.3) is 11.0 Å². The fraction of sp³-hybridized carbons (Fsp3) is 0. The van der Waals surface area contributed by atoms with Crippen molar-refractivity contribution in [2.75, 3.05) is 11.1 Å². The van der Waals surface area contributed by atoms with Crippen molar-refractivity contribution >= 4 is 56.3 Å². The lowest BCUT2D eigenvalue weighted by molar-refractivity contribution is 0.0690. The van der Waals surface area contributed by atoms with E-state index in [2.05, 4.69) is 36.2 Å². The molecule has 1 aromatic carbocycles. The largest absolute Gasteiger partial charge is 0.477 e. The Kier molecular flexibility index (Phi) is 3.70. The molecule has 116 valence electrons. The predicted octanol–water partition coefficient (Wildman–Crippen LogP) is 2.74. The topological polar surface area (TPSA) is 141 Å². The van der Waals surface area contributed by atoms with Gasteiger partial charge in [-0.25, -0.2) is 14.8 Å². The summed E-state index contributed by atoms with van der Waals surface area (Å²) in [5.74, 6) is -0.661. The van der Waals surface area contributed by atoms with Crippen LogP contribution >= 0.6 is 15.9 Å². The van der Waals surface area contributed by atoms with Gasteiger partial charge in [-0.2, -0.15) is 0 Å². The van der Waals surface area contributed by atoms with Gasteiger partial charge >= 0.3 is 5.97 Å². The van der Waals surface area contributed by atoms with Crippen LogP contribution in [0.5, 0.6) is 0 Å². The smallest absolute Gasteiger partial charge is 0.353 e. The molecule has 0 aliphatic heterocycles. The molecule has 0 aliphatic carbocycles. The molecule has 23 heavy (non-hydrogen) atoms. The zero-order valence-electron chi connectivity index (χ0n) is 11.6. The van der Waals surface area contributed by atoms with Gasteiger partial charge in [0.05, 0.1) is 9.86 Å². The summed E-state index contributed by atoms with van der Waals surface area (Å²) in [7, 11) is 0. The first-order valence-electron chi connectivity index (χ1n) is 6.43. The molecule has 0 radical (unpaired) electrons. The third-order valence-electron chi connectivity index (χ3n) is 3.25.